The molecular formula is C19H25ClN4O. The average molecular weight is 361 g/mol. The predicted octanol–water partition coefficient (Wildman–Crippen LogP) is 3.23. The summed E-state index contributed by atoms with van der Waals surface area (Å²) < 4.78 is 0. The number of benzene rings is 1. The van der Waals surface area contributed by atoms with E-state index in [1.807, 2.05) is 11.0 Å². The highest BCUT2D eigenvalue weighted by Gasteiger charge is 2.31. The van der Waals surface area contributed by atoms with Gasteiger partial charge in [0.25, 0.3) is 5.91 Å². The van der Waals surface area contributed by atoms with Gasteiger partial charge in [-0.2, -0.15) is 5.10 Å². The molecule has 1 aromatic carbocycles. The lowest BCUT2D eigenvalue weighted by atomic mass is 10.00. The monoisotopic (exact) mass is 360 g/mol. The fourth-order valence-corrected chi connectivity index (χ4v) is 3.91. The van der Waals surface area contributed by atoms with E-state index in [1.165, 1.54) is 18.4 Å². The van der Waals surface area contributed by atoms with Crippen LogP contribution in [0.1, 0.15) is 59.0 Å². The average Bonchev–Trinajstić information content (AvgIpc) is 2.91. The second-order valence-electron chi connectivity index (χ2n) is 6.73. The maximum atomic E-state index is 13.3. The van der Waals surface area contributed by atoms with Gasteiger partial charge in [0.2, 0.25) is 0 Å². The van der Waals surface area contributed by atoms with E-state index in [1.54, 1.807) is 0 Å². The van der Waals surface area contributed by atoms with Crippen LogP contribution in [0.2, 0.25) is 0 Å². The number of carbonyl (C=O) groups excluding carboxylic acids is 1. The van der Waals surface area contributed by atoms with E-state index in [0.717, 1.165) is 50.2 Å². The minimum absolute atomic E-state index is 0. The Morgan fingerprint density at radius 2 is 2.00 bits per heavy atom. The van der Waals surface area contributed by atoms with Gasteiger partial charge in [-0.25, -0.2) is 0 Å². The molecule has 3 heterocycles. The van der Waals surface area contributed by atoms with Crippen LogP contribution in [0, 0.1) is 0 Å². The molecule has 0 aliphatic carbocycles. The van der Waals surface area contributed by atoms with Gasteiger partial charge in [-0.15, -0.1) is 12.4 Å². The van der Waals surface area contributed by atoms with Crippen LogP contribution in [0.5, 0.6) is 0 Å². The lowest BCUT2D eigenvalue weighted by Crippen LogP contribution is -2.36. The minimum atomic E-state index is 0. The maximum Gasteiger partial charge on any atom is 0.275 e. The number of hydrogen-bond donors (Lipinski definition) is 2. The molecule has 2 aromatic rings. The van der Waals surface area contributed by atoms with Gasteiger partial charge in [-0.05, 0) is 18.4 Å². The van der Waals surface area contributed by atoms with Crippen molar-refractivity contribution in [2.45, 2.75) is 44.7 Å². The molecule has 25 heavy (non-hydrogen) atoms. The molecule has 0 spiro atoms. The zero-order chi connectivity index (χ0) is 16.4. The molecule has 1 atom stereocenters. The first-order chi connectivity index (χ1) is 11.8. The molecule has 1 unspecified atom stereocenters. The Bertz CT molecular complexity index is 715. The van der Waals surface area contributed by atoms with Gasteiger partial charge >= 0.3 is 0 Å². The van der Waals surface area contributed by atoms with Gasteiger partial charge in [0.05, 0.1) is 6.04 Å². The summed E-state index contributed by atoms with van der Waals surface area (Å²) >= 11 is 0. The molecule has 1 saturated heterocycles. The molecular weight excluding hydrogens is 336 g/mol. The van der Waals surface area contributed by atoms with Crippen molar-refractivity contribution in [1.82, 2.24) is 20.4 Å². The number of amides is 1. The topological polar surface area (TPSA) is 61.0 Å². The number of nitrogens with zero attached hydrogens (tertiary/aromatic N) is 2. The maximum absolute atomic E-state index is 13.3. The molecule has 134 valence electrons. The van der Waals surface area contributed by atoms with Gasteiger partial charge in [0.15, 0.2) is 5.69 Å². The van der Waals surface area contributed by atoms with Gasteiger partial charge in [0, 0.05) is 37.3 Å². The van der Waals surface area contributed by atoms with Crippen molar-refractivity contribution < 1.29 is 4.79 Å². The SMILES string of the molecule is Cl.O=C(c1n[nH]c2c1CNCC2)N1CCCCCC1c1ccccc1. The van der Waals surface area contributed by atoms with Crippen LogP contribution in [0.4, 0.5) is 0 Å². The van der Waals surface area contributed by atoms with E-state index < -0.39 is 0 Å². The third-order valence-electron chi connectivity index (χ3n) is 5.21. The van der Waals surface area contributed by atoms with Gasteiger partial charge in [-0.3, -0.25) is 9.89 Å². The molecule has 4 rings (SSSR count). The van der Waals surface area contributed by atoms with Crippen molar-refractivity contribution in [3.05, 3.63) is 52.8 Å². The number of aromatic nitrogens is 2. The third kappa shape index (κ3) is 3.58. The largest absolute Gasteiger partial charge is 0.330 e. The summed E-state index contributed by atoms with van der Waals surface area (Å²) in [5, 5.41) is 10.8. The molecule has 0 bridgehead atoms. The van der Waals surface area contributed by atoms with Crippen LogP contribution in [0.3, 0.4) is 0 Å². The standard InChI is InChI=1S/C19H24N4O.ClH/c24-19(18-15-13-20-11-10-16(15)21-22-18)23-12-6-2-5-9-17(23)14-7-3-1-4-8-14;/h1,3-4,7-8,17,20H,2,5-6,9-13H2,(H,21,22);1H. The molecule has 5 nitrogen and oxygen atoms in total. The molecule has 0 saturated carbocycles. The Kier molecular flexibility index (Phi) is 5.76. The van der Waals surface area contributed by atoms with Crippen LogP contribution >= 0.6 is 12.4 Å². The summed E-state index contributed by atoms with van der Waals surface area (Å²) in [7, 11) is 0. The summed E-state index contributed by atoms with van der Waals surface area (Å²) in [6.07, 6.45) is 5.37. The van der Waals surface area contributed by atoms with Crippen molar-refractivity contribution in [2.24, 2.45) is 0 Å². The van der Waals surface area contributed by atoms with Crippen LogP contribution in [0.15, 0.2) is 30.3 Å². The number of carbonyl (C=O) groups is 1. The molecule has 2 aliphatic rings. The molecule has 1 fully saturated rings. The van der Waals surface area contributed by atoms with Crippen molar-refractivity contribution in [1.29, 1.82) is 0 Å². The van der Waals surface area contributed by atoms with E-state index in [-0.39, 0.29) is 24.4 Å². The zero-order valence-corrected chi connectivity index (χ0v) is 15.1. The van der Waals surface area contributed by atoms with E-state index in [4.69, 9.17) is 0 Å². The first-order valence-electron chi connectivity index (χ1n) is 8.97. The number of H-pyrrole nitrogens is 1. The second kappa shape index (κ2) is 8.02. The summed E-state index contributed by atoms with van der Waals surface area (Å²) in [5.74, 6) is 0.0759. The Labute approximate surface area is 154 Å². The molecule has 0 radical (unpaired) electrons. The van der Waals surface area contributed by atoms with Gasteiger partial charge in [0.1, 0.15) is 0 Å². The van der Waals surface area contributed by atoms with E-state index in [2.05, 4.69) is 39.8 Å². The minimum Gasteiger partial charge on any atom is -0.330 e. The van der Waals surface area contributed by atoms with E-state index in [9.17, 15) is 4.79 Å². The Morgan fingerprint density at radius 3 is 2.84 bits per heavy atom. The molecule has 2 aliphatic heterocycles. The predicted molar refractivity (Wildman–Crippen MR) is 99.9 cm³/mol. The summed E-state index contributed by atoms with van der Waals surface area (Å²) in [6.45, 7) is 2.49. The fourth-order valence-electron chi connectivity index (χ4n) is 3.91. The highest BCUT2D eigenvalue weighted by molar-refractivity contribution is 5.94. The smallest absolute Gasteiger partial charge is 0.275 e. The third-order valence-corrected chi connectivity index (χ3v) is 5.21. The number of hydrogen-bond acceptors (Lipinski definition) is 3. The summed E-state index contributed by atoms with van der Waals surface area (Å²) in [4.78, 5) is 15.3. The van der Waals surface area contributed by atoms with Crippen molar-refractivity contribution in [3.8, 4) is 0 Å². The Morgan fingerprint density at radius 1 is 1.16 bits per heavy atom. The number of rotatable bonds is 2. The highest BCUT2D eigenvalue weighted by atomic mass is 35.5. The Hall–Kier alpha value is -1.85. The molecule has 2 N–H and O–H groups in total. The number of aromatic amines is 1. The fraction of sp³-hybridized carbons (Fsp3) is 0.474. The lowest BCUT2D eigenvalue weighted by molar-refractivity contribution is 0.0673. The van der Waals surface area contributed by atoms with Gasteiger partial charge < -0.3 is 10.2 Å². The van der Waals surface area contributed by atoms with E-state index >= 15 is 0 Å². The molecule has 1 aromatic heterocycles. The van der Waals surface area contributed by atoms with Crippen molar-refractivity contribution in [2.75, 3.05) is 13.1 Å². The first-order valence-corrected chi connectivity index (χ1v) is 8.97. The van der Waals surface area contributed by atoms with Gasteiger partial charge in [-0.1, -0.05) is 43.2 Å². The van der Waals surface area contributed by atoms with Crippen LogP contribution in [0.25, 0.3) is 0 Å². The number of fused-ring (bicyclic) bond motifs is 1. The lowest BCUT2D eigenvalue weighted by Gasteiger charge is -2.30. The van der Waals surface area contributed by atoms with Crippen molar-refractivity contribution >= 4 is 18.3 Å². The van der Waals surface area contributed by atoms with Crippen LogP contribution < -0.4 is 5.32 Å². The van der Waals surface area contributed by atoms with Crippen LogP contribution in [-0.4, -0.2) is 34.1 Å². The normalized spacial score (nSPS) is 20.3. The van der Waals surface area contributed by atoms with Crippen LogP contribution in [-0.2, 0) is 13.0 Å². The second-order valence-corrected chi connectivity index (χ2v) is 6.73. The molecule has 6 heteroatoms. The summed E-state index contributed by atoms with van der Waals surface area (Å²) in [6, 6.07) is 10.6. The first kappa shape index (κ1) is 18.0. The van der Waals surface area contributed by atoms with E-state index in [0.29, 0.717) is 5.69 Å². The highest BCUT2D eigenvalue weighted by Crippen LogP contribution is 2.32. The number of likely N-dealkylation sites (tertiary alicyclic amines) is 1. The number of halogens is 1. The quantitative estimate of drug-likeness (QED) is 0.864. The number of nitrogens with one attached hydrogen (secondary N) is 2. The molecule has 1 amide bonds. The zero-order valence-electron chi connectivity index (χ0n) is 14.3. The summed E-state index contributed by atoms with van der Waals surface area (Å²) in [5.41, 5.74) is 4.01. The van der Waals surface area contributed by atoms with Crippen molar-refractivity contribution in [3.63, 3.8) is 0 Å². The Balaban J connectivity index is 0.00000182.